The number of phenols is 2. The third-order valence-corrected chi connectivity index (χ3v) is 4.50. The van der Waals surface area contributed by atoms with Gasteiger partial charge < -0.3 is 31.3 Å². The molecule has 2 rings (SSSR count). The highest BCUT2D eigenvalue weighted by Gasteiger charge is 2.14. The molecule has 0 saturated heterocycles. The molecule has 1 amide bonds. The Kier molecular flexibility index (Phi) is 7.04. The molecule has 0 aliphatic carbocycles. The number of aliphatic hydroxyl groups excluding tert-OH is 1. The lowest BCUT2D eigenvalue weighted by Gasteiger charge is -2.23. The summed E-state index contributed by atoms with van der Waals surface area (Å²) in [4.78, 5) is 13.3. The number of hydrogen-bond donors (Lipinski definition) is 5. The van der Waals surface area contributed by atoms with Crippen molar-refractivity contribution >= 4 is 11.6 Å². The van der Waals surface area contributed by atoms with Gasteiger partial charge in [-0.25, -0.2) is 0 Å². The van der Waals surface area contributed by atoms with Gasteiger partial charge in [-0.3, -0.25) is 4.79 Å². The van der Waals surface area contributed by atoms with Crippen molar-refractivity contribution in [2.24, 2.45) is 5.73 Å². The molecule has 0 aliphatic rings. The zero-order valence-electron chi connectivity index (χ0n) is 15.6. The van der Waals surface area contributed by atoms with Crippen LogP contribution in [0.4, 0.5) is 5.69 Å². The Balaban J connectivity index is 1.83. The standard InChI is InChI=1S/C20H27N3O4/c1-13(8-9-23(2)15-4-3-5-16(24)11-15)22-12-19(26)14-6-7-18(25)17(10-14)20(21)27/h3-7,10-11,13,19,22,24-26H,8-9,12H2,1-2H3,(H2,21,27). The fourth-order valence-corrected chi connectivity index (χ4v) is 2.74. The van der Waals surface area contributed by atoms with E-state index in [0.29, 0.717) is 12.1 Å². The first-order valence-corrected chi connectivity index (χ1v) is 8.82. The highest BCUT2D eigenvalue weighted by Crippen LogP contribution is 2.22. The smallest absolute Gasteiger partial charge is 0.252 e. The molecule has 0 fully saturated rings. The summed E-state index contributed by atoms with van der Waals surface area (Å²) >= 11 is 0. The van der Waals surface area contributed by atoms with Gasteiger partial charge in [0.2, 0.25) is 0 Å². The molecule has 146 valence electrons. The Morgan fingerprint density at radius 1 is 1.22 bits per heavy atom. The minimum atomic E-state index is -0.824. The summed E-state index contributed by atoms with van der Waals surface area (Å²) in [6.45, 7) is 3.10. The molecule has 0 radical (unpaired) electrons. The molecule has 0 saturated carbocycles. The van der Waals surface area contributed by atoms with Crippen LogP contribution in [0.1, 0.15) is 35.4 Å². The third-order valence-electron chi connectivity index (χ3n) is 4.50. The van der Waals surface area contributed by atoms with Crippen LogP contribution in [0.25, 0.3) is 0 Å². The van der Waals surface area contributed by atoms with E-state index >= 15 is 0 Å². The molecule has 0 aromatic heterocycles. The molecular formula is C20H27N3O4. The molecule has 2 atom stereocenters. The van der Waals surface area contributed by atoms with Crippen LogP contribution in [0.3, 0.4) is 0 Å². The van der Waals surface area contributed by atoms with Gasteiger partial charge in [0.15, 0.2) is 0 Å². The molecule has 0 bridgehead atoms. The van der Waals surface area contributed by atoms with Crippen LogP contribution in [0.2, 0.25) is 0 Å². The average molecular weight is 373 g/mol. The van der Waals surface area contributed by atoms with Crippen molar-refractivity contribution in [3.05, 3.63) is 53.6 Å². The molecule has 2 aromatic rings. The van der Waals surface area contributed by atoms with Crippen LogP contribution in [0.5, 0.6) is 11.5 Å². The SMILES string of the molecule is CC(CCN(C)c1cccc(O)c1)NCC(O)c1ccc(O)c(C(N)=O)c1. The first-order chi connectivity index (χ1) is 12.8. The van der Waals surface area contributed by atoms with Crippen LogP contribution in [-0.4, -0.2) is 47.4 Å². The van der Waals surface area contributed by atoms with Gasteiger partial charge in [0.05, 0.1) is 11.7 Å². The summed E-state index contributed by atoms with van der Waals surface area (Å²) in [5.41, 5.74) is 6.66. The van der Waals surface area contributed by atoms with E-state index in [2.05, 4.69) is 5.32 Å². The fraction of sp³-hybridized carbons (Fsp3) is 0.350. The summed E-state index contributed by atoms with van der Waals surface area (Å²) < 4.78 is 0. The van der Waals surface area contributed by atoms with Gasteiger partial charge in [0.25, 0.3) is 5.91 Å². The number of aromatic hydroxyl groups is 2. The number of carbonyl (C=O) groups is 1. The number of nitrogens with two attached hydrogens (primary N) is 1. The first-order valence-electron chi connectivity index (χ1n) is 8.82. The molecule has 2 aromatic carbocycles. The highest BCUT2D eigenvalue weighted by molar-refractivity contribution is 5.95. The van der Waals surface area contributed by atoms with Crippen molar-refractivity contribution < 1.29 is 20.1 Å². The average Bonchev–Trinajstić information content (AvgIpc) is 2.64. The lowest BCUT2D eigenvalue weighted by molar-refractivity contribution is 0.0997. The number of anilines is 1. The number of benzene rings is 2. The predicted octanol–water partition coefficient (Wildman–Crippen LogP) is 1.73. The number of phenolic OH excluding ortho intramolecular Hbond substituents is 1. The highest BCUT2D eigenvalue weighted by atomic mass is 16.3. The molecule has 7 nitrogen and oxygen atoms in total. The van der Waals surface area contributed by atoms with E-state index in [1.54, 1.807) is 24.3 Å². The van der Waals surface area contributed by atoms with Crippen LogP contribution in [-0.2, 0) is 0 Å². The topological polar surface area (TPSA) is 119 Å². The molecule has 6 N–H and O–H groups in total. The first kappa shape index (κ1) is 20.5. The van der Waals surface area contributed by atoms with Gasteiger partial charge in [0.1, 0.15) is 11.5 Å². The lowest BCUT2D eigenvalue weighted by atomic mass is 10.0. The van der Waals surface area contributed by atoms with Crippen LogP contribution in [0, 0.1) is 0 Å². The zero-order chi connectivity index (χ0) is 20.0. The summed E-state index contributed by atoms with van der Waals surface area (Å²) in [6, 6.07) is 11.6. The van der Waals surface area contributed by atoms with Crippen LogP contribution < -0.4 is 16.0 Å². The molecule has 7 heteroatoms. The fourth-order valence-electron chi connectivity index (χ4n) is 2.74. The number of nitrogens with one attached hydrogen (secondary N) is 1. The van der Waals surface area contributed by atoms with E-state index in [4.69, 9.17) is 5.73 Å². The summed E-state index contributed by atoms with van der Waals surface area (Å²) in [7, 11) is 1.96. The lowest BCUT2D eigenvalue weighted by Crippen LogP contribution is -2.33. The van der Waals surface area contributed by atoms with E-state index in [-0.39, 0.29) is 23.1 Å². The number of carbonyl (C=O) groups excluding carboxylic acids is 1. The van der Waals surface area contributed by atoms with E-state index < -0.39 is 12.0 Å². The van der Waals surface area contributed by atoms with E-state index in [1.807, 2.05) is 24.9 Å². The van der Waals surface area contributed by atoms with Crippen LogP contribution in [0.15, 0.2) is 42.5 Å². The van der Waals surface area contributed by atoms with Crippen molar-refractivity contribution in [2.75, 3.05) is 25.0 Å². The second-order valence-corrected chi connectivity index (χ2v) is 6.70. The van der Waals surface area contributed by atoms with Gasteiger partial charge in [-0.1, -0.05) is 12.1 Å². The van der Waals surface area contributed by atoms with Gasteiger partial charge in [-0.05, 0) is 43.2 Å². The third kappa shape index (κ3) is 5.87. The molecule has 0 aliphatic heterocycles. The Hall–Kier alpha value is -2.77. The van der Waals surface area contributed by atoms with Gasteiger partial charge in [-0.15, -0.1) is 0 Å². The largest absolute Gasteiger partial charge is 0.508 e. The van der Waals surface area contributed by atoms with E-state index in [9.17, 15) is 20.1 Å². The molecule has 0 heterocycles. The number of hydrogen-bond acceptors (Lipinski definition) is 6. The van der Waals surface area contributed by atoms with Crippen molar-refractivity contribution in [1.82, 2.24) is 5.32 Å². The summed E-state index contributed by atoms with van der Waals surface area (Å²) in [6.07, 6.45) is 0.0102. The second kappa shape index (κ2) is 9.25. The number of nitrogens with zero attached hydrogens (tertiary/aromatic N) is 1. The Morgan fingerprint density at radius 3 is 2.63 bits per heavy atom. The van der Waals surface area contributed by atoms with Gasteiger partial charge in [0, 0.05) is 37.9 Å². The molecular weight excluding hydrogens is 346 g/mol. The Morgan fingerprint density at radius 2 is 1.96 bits per heavy atom. The molecule has 27 heavy (non-hydrogen) atoms. The Labute approximate surface area is 159 Å². The minimum absolute atomic E-state index is 0.00710. The monoisotopic (exact) mass is 373 g/mol. The number of amides is 1. The van der Waals surface area contributed by atoms with Crippen molar-refractivity contribution in [1.29, 1.82) is 0 Å². The van der Waals surface area contributed by atoms with Gasteiger partial charge >= 0.3 is 0 Å². The van der Waals surface area contributed by atoms with Crippen molar-refractivity contribution in [3.63, 3.8) is 0 Å². The number of aliphatic hydroxyl groups is 1. The predicted molar refractivity (Wildman–Crippen MR) is 105 cm³/mol. The van der Waals surface area contributed by atoms with Crippen LogP contribution >= 0.6 is 0 Å². The number of primary amides is 1. The zero-order valence-corrected chi connectivity index (χ0v) is 15.6. The molecule has 0 spiro atoms. The maximum absolute atomic E-state index is 11.3. The van der Waals surface area contributed by atoms with E-state index in [1.165, 1.54) is 12.1 Å². The summed E-state index contributed by atoms with van der Waals surface area (Å²) in [5, 5.41) is 32.7. The summed E-state index contributed by atoms with van der Waals surface area (Å²) in [5.74, 6) is -0.703. The second-order valence-electron chi connectivity index (χ2n) is 6.70. The quantitative estimate of drug-likeness (QED) is 0.457. The molecule has 2 unspecified atom stereocenters. The number of rotatable bonds is 9. The Bertz CT molecular complexity index is 782. The maximum Gasteiger partial charge on any atom is 0.252 e. The van der Waals surface area contributed by atoms with E-state index in [0.717, 1.165) is 18.7 Å². The van der Waals surface area contributed by atoms with Crippen molar-refractivity contribution in [3.8, 4) is 11.5 Å². The maximum atomic E-state index is 11.3. The minimum Gasteiger partial charge on any atom is -0.508 e. The van der Waals surface area contributed by atoms with Gasteiger partial charge in [-0.2, -0.15) is 0 Å². The van der Waals surface area contributed by atoms with Crippen molar-refractivity contribution in [2.45, 2.75) is 25.5 Å². The normalized spacial score (nSPS) is 13.1.